The van der Waals surface area contributed by atoms with Gasteiger partial charge in [0.2, 0.25) is 10.0 Å². The lowest BCUT2D eigenvalue weighted by molar-refractivity contribution is 0.0695. The lowest BCUT2D eigenvalue weighted by Crippen LogP contribution is -2.39. The van der Waals surface area contributed by atoms with Crippen LogP contribution in [-0.4, -0.2) is 38.2 Å². The van der Waals surface area contributed by atoms with Crippen LogP contribution in [0.4, 0.5) is 0 Å². The molecule has 0 bridgehead atoms. The zero-order chi connectivity index (χ0) is 15.8. The summed E-state index contributed by atoms with van der Waals surface area (Å²) in [5, 5.41) is 9.18. The quantitative estimate of drug-likeness (QED) is 0.876. The molecule has 0 aromatic heterocycles. The van der Waals surface area contributed by atoms with Gasteiger partial charge in [-0.25, -0.2) is 17.9 Å². The summed E-state index contributed by atoms with van der Waals surface area (Å²) in [6.07, 6.45) is 0.351. The van der Waals surface area contributed by atoms with Crippen molar-refractivity contribution in [2.75, 3.05) is 6.61 Å². The highest BCUT2D eigenvalue weighted by Crippen LogP contribution is 2.26. The van der Waals surface area contributed by atoms with Crippen LogP contribution in [0, 0.1) is 6.92 Å². The molecule has 8 heteroatoms. The highest BCUT2D eigenvalue weighted by atomic mass is 35.5. The van der Waals surface area contributed by atoms with Gasteiger partial charge in [0.05, 0.1) is 22.6 Å². The summed E-state index contributed by atoms with van der Waals surface area (Å²) < 4.78 is 32.8. The van der Waals surface area contributed by atoms with E-state index in [1.165, 1.54) is 19.1 Å². The van der Waals surface area contributed by atoms with E-state index in [0.29, 0.717) is 13.0 Å². The molecule has 0 radical (unpaired) electrons. The van der Waals surface area contributed by atoms with Crippen LogP contribution in [0.5, 0.6) is 0 Å². The van der Waals surface area contributed by atoms with Gasteiger partial charge in [-0.3, -0.25) is 0 Å². The van der Waals surface area contributed by atoms with Gasteiger partial charge in [0.1, 0.15) is 0 Å². The van der Waals surface area contributed by atoms with Crippen LogP contribution in [0.3, 0.4) is 0 Å². The van der Waals surface area contributed by atoms with Crippen molar-refractivity contribution in [2.45, 2.75) is 37.3 Å². The largest absolute Gasteiger partial charge is 0.478 e. The van der Waals surface area contributed by atoms with Crippen molar-refractivity contribution in [3.8, 4) is 0 Å². The molecule has 0 aliphatic carbocycles. The van der Waals surface area contributed by atoms with Gasteiger partial charge in [0.15, 0.2) is 0 Å². The fourth-order valence-electron chi connectivity index (χ4n) is 2.30. The van der Waals surface area contributed by atoms with E-state index < -0.39 is 16.0 Å². The number of halogens is 1. The number of benzene rings is 1. The Balaban J connectivity index is 2.42. The van der Waals surface area contributed by atoms with Crippen LogP contribution < -0.4 is 4.72 Å². The summed E-state index contributed by atoms with van der Waals surface area (Å²) in [7, 11) is -3.86. The molecule has 2 unspecified atom stereocenters. The highest BCUT2D eigenvalue weighted by molar-refractivity contribution is 7.89. The van der Waals surface area contributed by atoms with E-state index in [0.717, 1.165) is 0 Å². The number of sulfonamides is 1. The second-order valence-electron chi connectivity index (χ2n) is 4.97. The number of carboxylic acids is 1. The molecule has 116 valence electrons. The second kappa shape index (κ2) is 5.92. The van der Waals surface area contributed by atoms with Gasteiger partial charge < -0.3 is 9.84 Å². The SMILES string of the molecule is Cc1c(C(=O)O)cc(Cl)cc1S(=O)(=O)NC1CCOC1C. The van der Waals surface area contributed by atoms with E-state index >= 15 is 0 Å². The molecule has 0 amide bonds. The van der Waals surface area contributed by atoms with Gasteiger partial charge in [-0.2, -0.15) is 0 Å². The minimum Gasteiger partial charge on any atom is -0.478 e. The number of nitrogens with one attached hydrogen (secondary N) is 1. The third kappa shape index (κ3) is 3.37. The maximum absolute atomic E-state index is 12.5. The van der Waals surface area contributed by atoms with Gasteiger partial charge in [-0.05, 0) is 38.0 Å². The molecule has 1 aromatic rings. The van der Waals surface area contributed by atoms with Crippen LogP contribution in [0.25, 0.3) is 0 Å². The van der Waals surface area contributed by atoms with Crippen LogP contribution in [0.1, 0.15) is 29.3 Å². The molecule has 2 atom stereocenters. The molecular weight excluding hydrogens is 318 g/mol. The first-order valence-corrected chi connectivity index (χ1v) is 8.26. The Bertz CT molecular complexity index is 673. The predicted molar refractivity (Wildman–Crippen MR) is 77.3 cm³/mol. The summed E-state index contributed by atoms with van der Waals surface area (Å²) in [5.74, 6) is -1.22. The number of ether oxygens (including phenoxy) is 1. The van der Waals surface area contributed by atoms with E-state index in [1.54, 1.807) is 6.92 Å². The van der Waals surface area contributed by atoms with Crippen molar-refractivity contribution in [1.82, 2.24) is 4.72 Å². The monoisotopic (exact) mass is 333 g/mol. The Kier molecular flexibility index (Phi) is 4.57. The minimum absolute atomic E-state index is 0.0640. The lowest BCUT2D eigenvalue weighted by atomic mass is 10.1. The van der Waals surface area contributed by atoms with Crippen molar-refractivity contribution in [1.29, 1.82) is 0 Å². The second-order valence-corrected chi connectivity index (χ2v) is 7.09. The van der Waals surface area contributed by atoms with Crippen molar-refractivity contribution < 1.29 is 23.1 Å². The molecule has 2 N–H and O–H groups in total. The maximum atomic E-state index is 12.5. The summed E-state index contributed by atoms with van der Waals surface area (Å²) in [6, 6.07) is 2.16. The number of rotatable bonds is 4. The Hall–Kier alpha value is -1.15. The molecule has 1 heterocycles. The Morgan fingerprint density at radius 3 is 2.67 bits per heavy atom. The summed E-state index contributed by atoms with van der Waals surface area (Å²) in [4.78, 5) is 11.0. The van der Waals surface area contributed by atoms with Crippen LogP contribution in [0.15, 0.2) is 17.0 Å². The van der Waals surface area contributed by atoms with Gasteiger partial charge in [-0.15, -0.1) is 0 Å². The first-order chi connectivity index (χ1) is 9.72. The Morgan fingerprint density at radius 2 is 2.14 bits per heavy atom. The zero-order valence-electron chi connectivity index (χ0n) is 11.6. The lowest BCUT2D eigenvalue weighted by Gasteiger charge is -2.18. The highest BCUT2D eigenvalue weighted by Gasteiger charge is 2.31. The number of hydrogen-bond acceptors (Lipinski definition) is 4. The first kappa shape index (κ1) is 16.2. The number of carbonyl (C=O) groups is 1. The molecular formula is C13H16ClNO5S. The molecule has 21 heavy (non-hydrogen) atoms. The third-order valence-electron chi connectivity index (χ3n) is 3.53. The Morgan fingerprint density at radius 1 is 1.48 bits per heavy atom. The zero-order valence-corrected chi connectivity index (χ0v) is 13.2. The van der Waals surface area contributed by atoms with E-state index in [4.69, 9.17) is 21.4 Å². The fraction of sp³-hybridized carbons (Fsp3) is 0.462. The standard InChI is InChI=1S/C13H16ClNO5S/c1-7-10(13(16)17)5-9(14)6-12(7)21(18,19)15-11-3-4-20-8(11)2/h5-6,8,11,15H,3-4H2,1-2H3,(H,16,17). The Labute approximate surface area is 128 Å². The summed E-state index contributed by atoms with van der Waals surface area (Å²) >= 11 is 5.84. The van der Waals surface area contributed by atoms with Gasteiger partial charge in [-0.1, -0.05) is 11.6 Å². The third-order valence-corrected chi connectivity index (χ3v) is 5.36. The van der Waals surface area contributed by atoms with Crippen LogP contribution in [0.2, 0.25) is 5.02 Å². The smallest absolute Gasteiger partial charge is 0.336 e. The van der Waals surface area contributed by atoms with Gasteiger partial charge in [0.25, 0.3) is 0 Å². The average molecular weight is 334 g/mol. The molecule has 1 aliphatic heterocycles. The van der Waals surface area contributed by atoms with E-state index in [2.05, 4.69) is 4.72 Å². The summed E-state index contributed by atoms with van der Waals surface area (Å²) in [6.45, 7) is 3.72. The van der Waals surface area contributed by atoms with E-state index in [-0.39, 0.29) is 33.2 Å². The number of aromatic carboxylic acids is 1. The van der Waals surface area contributed by atoms with Gasteiger partial charge in [0, 0.05) is 11.6 Å². The molecule has 1 aromatic carbocycles. The topological polar surface area (TPSA) is 92.7 Å². The summed E-state index contributed by atoms with van der Waals surface area (Å²) in [5.41, 5.74) is 0.0320. The first-order valence-electron chi connectivity index (χ1n) is 6.39. The molecule has 0 spiro atoms. The molecule has 1 aliphatic rings. The van der Waals surface area contributed by atoms with E-state index in [1.807, 2.05) is 0 Å². The van der Waals surface area contributed by atoms with E-state index in [9.17, 15) is 13.2 Å². The minimum atomic E-state index is -3.86. The van der Waals surface area contributed by atoms with Crippen molar-refractivity contribution in [2.24, 2.45) is 0 Å². The number of carboxylic acid groups (broad SMARTS) is 1. The number of hydrogen-bond donors (Lipinski definition) is 2. The molecule has 0 saturated carbocycles. The van der Waals surface area contributed by atoms with Crippen LogP contribution in [-0.2, 0) is 14.8 Å². The average Bonchev–Trinajstić information content (AvgIpc) is 2.76. The predicted octanol–water partition coefficient (Wildman–Crippen LogP) is 1.80. The van der Waals surface area contributed by atoms with Crippen molar-refractivity contribution in [3.05, 3.63) is 28.3 Å². The fourth-order valence-corrected chi connectivity index (χ4v) is 4.22. The van der Waals surface area contributed by atoms with Gasteiger partial charge >= 0.3 is 5.97 Å². The maximum Gasteiger partial charge on any atom is 0.336 e. The molecule has 1 fully saturated rings. The van der Waals surface area contributed by atoms with Crippen molar-refractivity contribution >= 4 is 27.6 Å². The normalized spacial score (nSPS) is 22.4. The molecule has 6 nitrogen and oxygen atoms in total. The van der Waals surface area contributed by atoms with Crippen LogP contribution >= 0.6 is 11.6 Å². The van der Waals surface area contributed by atoms with Crippen molar-refractivity contribution in [3.63, 3.8) is 0 Å². The molecule has 1 saturated heterocycles. The molecule has 2 rings (SSSR count).